The number of aromatic amines is 1. The van der Waals surface area contributed by atoms with E-state index in [-0.39, 0.29) is 11.5 Å². The highest BCUT2D eigenvalue weighted by molar-refractivity contribution is 5.93. The van der Waals surface area contributed by atoms with E-state index in [2.05, 4.69) is 20.7 Å². The van der Waals surface area contributed by atoms with E-state index in [0.717, 1.165) is 0 Å². The number of furan rings is 1. The van der Waals surface area contributed by atoms with Crippen LogP contribution in [0, 0.1) is 5.82 Å². The highest BCUT2D eigenvalue weighted by atomic mass is 19.1. The Balaban J connectivity index is 1.63. The van der Waals surface area contributed by atoms with Crippen LogP contribution in [0.5, 0.6) is 0 Å². The Morgan fingerprint density at radius 2 is 2.14 bits per heavy atom. The van der Waals surface area contributed by atoms with Crippen molar-refractivity contribution in [1.29, 1.82) is 0 Å². The molecular formula is C15H11FN4O2. The molecule has 1 aromatic carbocycles. The summed E-state index contributed by atoms with van der Waals surface area (Å²) in [5.74, 6) is -0.211. The lowest BCUT2D eigenvalue weighted by Gasteiger charge is -1.95. The molecule has 0 fully saturated rings. The lowest BCUT2D eigenvalue weighted by Crippen LogP contribution is -2.17. The third kappa shape index (κ3) is 3.09. The maximum absolute atomic E-state index is 12.7. The summed E-state index contributed by atoms with van der Waals surface area (Å²) >= 11 is 0. The zero-order valence-corrected chi connectivity index (χ0v) is 11.3. The number of halogens is 1. The van der Waals surface area contributed by atoms with Gasteiger partial charge in [0.15, 0.2) is 11.5 Å². The van der Waals surface area contributed by atoms with Gasteiger partial charge in [0, 0.05) is 6.07 Å². The van der Waals surface area contributed by atoms with Crippen LogP contribution in [0.25, 0.3) is 11.5 Å². The number of carbonyl (C=O) groups is 1. The van der Waals surface area contributed by atoms with E-state index in [1.807, 2.05) is 0 Å². The molecule has 2 heterocycles. The van der Waals surface area contributed by atoms with E-state index in [9.17, 15) is 9.18 Å². The first kappa shape index (κ1) is 13.7. The molecule has 1 amide bonds. The first-order valence-electron chi connectivity index (χ1n) is 6.40. The van der Waals surface area contributed by atoms with Gasteiger partial charge in [-0.3, -0.25) is 9.89 Å². The van der Waals surface area contributed by atoms with Crippen LogP contribution in [0.4, 0.5) is 4.39 Å². The van der Waals surface area contributed by atoms with Crippen LogP contribution in [0.2, 0.25) is 0 Å². The largest absolute Gasteiger partial charge is 0.463 e. The number of nitrogens with one attached hydrogen (secondary N) is 2. The molecule has 0 bridgehead atoms. The van der Waals surface area contributed by atoms with E-state index in [4.69, 9.17) is 4.42 Å². The number of benzene rings is 1. The van der Waals surface area contributed by atoms with Gasteiger partial charge in [0.25, 0.3) is 5.91 Å². The van der Waals surface area contributed by atoms with Gasteiger partial charge < -0.3 is 4.42 Å². The molecular weight excluding hydrogens is 287 g/mol. The fourth-order valence-corrected chi connectivity index (χ4v) is 1.77. The number of hydrogen-bond donors (Lipinski definition) is 2. The molecule has 0 aliphatic rings. The van der Waals surface area contributed by atoms with Gasteiger partial charge in [-0.25, -0.2) is 9.82 Å². The van der Waals surface area contributed by atoms with Gasteiger partial charge in [0.05, 0.1) is 12.5 Å². The number of carbonyl (C=O) groups excluding carboxylic acids is 1. The van der Waals surface area contributed by atoms with E-state index in [1.165, 1.54) is 24.6 Å². The van der Waals surface area contributed by atoms with E-state index >= 15 is 0 Å². The number of hydrazone groups is 1. The van der Waals surface area contributed by atoms with E-state index < -0.39 is 5.91 Å². The van der Waals surface area contributed by atoms with Gasteiger partial charge in [-0.05, 0) is 29.8 Å². The summed E-state index contributed by atoms with van der Waals surface area (Å²) in [5, 5.41) is 10.4. The Kier molecular flexibility index (Phi) is 3.78. The average molecular weight is 298 g/mol. The number of amides is 1. The molecule has 0 unspecified atom stereocenters. The molecule has 2 aromatic heterocycles. The van der Waals surface area contributed by atoms with Crippen molar-refractivity contribution < 1.29 is 13.6 Å². The maximum atomic E-state index is 12.7. The van der Waals surface area contributed by atoms with E-state index in [0.29, 0.717) is 17.0 Å². The molecule has 0 spiro atoms. The topological polar surface area (TPSA) is 83.3 Å². The van der Waals surface area contributed by atoms with Crippen molar-refractivity contribution in [2.24, 2.45) is 5.10 Å². The Labute approximate surface area is 124 Å². The maximum Gasteiger partial charge on any atom is 0.291 e. The standard InChI is InChI=1S/C15H11FN4O2/c16-11-5-3-10(4-6-11)9-17-20-15(21)13-8-12(18-19-13)14-2-1-7-22-14/h1-9H,(H,18,19)(H,20,21). The summed E-state index contributed by atoms with van der Waals surface area (Å²) in [6.45, 7) is 0. The minimum atomic E-state index is -0.465. The molecule has 0 aliphatic carbocycles. The van der Waals surface area contributed by atoms with Crippen molar-refractivity contribution >= 4 is 12.1 Å². The van der Waals surface area contributed by atoms with Gasteiger partial charge >= 0.3 is 0 Å². The highest BCUT2D eigenvalue weighted by Crippen LogP contribution is 2.17. The molecule has 2 N–H and O–H groups in total. The average Bonchev–Trinajstić information content (AvgIpc) is 3.20. The van der Waals surface area contributed by atoms with Gasteiger partial charge in [0.1, 0.15) is 11.5 Å². The second-order valence-electron chi connectivity index (χ2n) is 4.39. The molecule has 0 atom stereocenters. The molecule has 6 nitrogen and oxygen atoms in total. The zero-order valence-electron chi connectivity index (χ0n) is 11.3. The molecule has 3 aromatic rings. The summed E-state index contributed by atoms with van der Waals surface area (Å²) in [7, 11) is 0. The van der Waals surface area contributed by atoms with Crippen molar-refractivity contribution in [1.82, 2.24) is 15.6 Å². The zero-order chi connectivity index (χ0) is 15.4. The number of rotatable bonds is 4. The summed E-state index contributed by atoms with van der Waals surface area (Å²) in [6.07, 6.45) is 2.94. The fourth-order valence-electron chi connectivity index (χ4n) is 1.77. The van der Waals surface area contributed by atoms with Gasteiger partial charge in [-0.15, -0.1) is 0 Å². The van der Waals surface area contributed by atoms with Crippen LogP contribution in [0.3, 0.4) is 0 Å². The van der Waals surface area contributed by atoms with Crippen LogP contribution < -0.4 is 5.43 Å². The smallest absolute Gasteiger partial charge is 0.291 e. The van der Waals surface area contributed by atoms with Crippen molar-refractivity contribution in [2.75, 3.05) is 0 Å². The Morgan fingerprint density at radius 3 is 2.86 bits per heavy atom. The Hall–Kier alpha value is -3.22. The molecule has 22 heavy (non-hydrogen) atoms. The van der Waals surface area contributed by atoms with Crippen molar-refractivity contribution in [3.05, 3.63) is 65.8 Å². The van der Waals surface area contributed by atoms with Crippen molar-refractivity contribution in [2.45, 2.75) is 0 Å². The fraction of sp³-hybridized carbons (Fsp3) is 0. The minimum absolute atomic E-state index is 0.183. The molecule has 7 heteroatoms. The van der Waals surface area contributed by atoms with Gasteiger partial charge in [-0.1, -0.05) is 12.1 Å². The van der Waals surface area contributed by atoms with Gasteiger partial charge in [-0.2, -0.15) is 10.2 Å². The van der Waals surface area contributed by atoms with Crippen LogP contribution in [-0.4, -0.2) is 22.3 Å². The third-order valence-electron chi connectivity index (χ3n) is 2.85. The highest BCUT2D eigenvalue weighted by Gasteiger charge is 2.11. The molecule has 110 valence electrons. The first-order valence-corrected chi connectivity index (χ1v) is 6.40. The second-order valence-corrected chi connectivity index (χ2v) is 4.39. The predicted octanol–water partition coefficient (Wildman–Crippen LogP) is 2.57. The third-order valence-corrected chi connectivity index (χ3v) is 2.85. The van der Waals surface area contributed by atoms with Crippen molar-refractivity contribution in [3.8, 4) is 11.5 Å². The molecule has 3 rings (SSSR count). The number of hydrogen-bond acceptors (Lipinski definition) is 4. The monoisotopic (exact) mass is 298 g/mol. The molecule has 0 saturated carbocycles. The molecule has 0 radical (unpaired) electrons. The minimum Gasteiger partial charge on any atom is -0.463 e. The number of H-pyrrole nitrogens is 1. The predicted molar refractivity (Wildman–Crippen MR) is 77.7 cm³/mol. The quantitative estimate of drug-likeness (QED) is 0.573. The summed E-state index contributed by atoms with van der Waals surface area (Å²) in [6, 6.07) is 10.8. The summed E-state index contributed by atoms with van der Waals surface area (Å²) in [4.78, 5) is 11.9. The Morgan fingerprint density at radius 1 is 1.32 bits per heavy atom. The van der Waals surface area contributed by atoms with Crippen molar-refractivity contribution in [3.63, 3.8) is 0 Å². The van der Waals surface area contributed by atoms with Crippen LogP contribution in [-0.2, 0) is 0 Å². The van der Waals surface area contributed by atoms with Crippen LogP contribution in [0.1, 0.15) is 16.1 Å². The number of nitrogens with zero attached hydrogens (tertiary/aromatic N) is 2. The lowest BCUT2D eigenvalue weighted by molar-refractivity contribution is 0.0950. The van der Waals surface area contributed by atoms with Crippen LogP contribution >= 0.6 is 0 Å². The normalized spacial score (nSPS) is 11.0. The lowest BCUT2D eigenvalue weighted by atomic mass is 10.2. The first-order chi connectivity index (χ1) is 10.7. The van der Waals surface area contributed by atoms with E-state index in [1.54, 1.807) is 30.3 Å². The summed E-state index contributed by atoms with van der Waals surface area (Å²) in [5.41, 5.74) is 3.79. The van der Waals surface area contributed by atoms with Gasteiger partial charge in [0.2, 0.25) is 0 Å². The SMILES string of the molecule is O=C(NN=Cc1ccc(F)cc1)c1cc(-c2ccco2)[nH]n1. The molecule has 0 aliphatic heterocycles. The number of aromatic nitrogens is 2. The second kappa shape index (κ2) is 6.04. The molecule has 0 saturated heterocycles. The Bertz CT molecular complexity index is 791. The van der Waals surface area contributed by atoms with Crippen LogP contribution in [0.15, 0.2) is 58.2 Å². The summed E-state index contributed by atoms with van der Waals surface area (Å²) < 4.78 is 17.9.